The second-order valence-corrected chi connectivity index (χ2v) is 6.21. The Hall–Kier alpha value is -2.84. The van der Waals surface area contributed by atoms with Crippen LogP contribution in [0.1, 0.15) is 34.6 Å². The van der Waals surface area contributed by atoms with E-state index in [0.29, 0.717) is 17.8 Å². The van der Waals surface area contributed by atoms with E-state index in [4.69, 9.17) is 0 Å². The lowest BCUT2D eigenvalue weighted by Gasteiger charge is -2.07. The molecule has 0 spiro atoms. The van der Waals surface area contributed by atoms with E-state index in [0.717, 1.165) is 23.1 Å². The van der Waals surface area contributed by atoms with Gasteiger partial charge in [-0.25, -0.2) is 0 Å². The first kappa shape index (κ1) is 18.0. The van der Waals surface area contributed by atoms with Gasteiger partial charge in [0.15, 0.2) is 5.69 Å². The predicted molar refractivity (Wildman–Crippen MR) is 87.5 cm³/mol. The van der Waals surface area contributed by atoms with E-state index in [1.165, 1.54) is 7.05 Å². The van der Waals surface area contributed by atoms with E-state index in [9.17, 15) is 22.8 Å². The Morgan fingerprint density at radius 3 is 2.42 bits per heavy atom. The van der Waals surface area contributed by atoms with Crippen LogP contribution in [-0.4, -0.2) is 27.6 Å². The average molecular weight is 366 g/mol. The minimum absolute atomic E-state index is 0.0566. The Morgan fingerprint density at radius 1 is 1.23 bits per heavy atom. The van der Waals surface area contributed by atoms with Crippen molar-refractivity contribution >= 4 is 17.5 Å². The number of anilines is 1. The summed E-state index contributed by atoms with van der Waals surface area (Å²) in [6.07, 6.45) is -2.35. The number of hydrogen-bond donors (Lipinski definition) is 2. The number of alkyl halides is 3. The maximum absolute atomic E-state index is 12.7. The van der Waals surface area contributed by atoms with Gasteiger partial charge < -0.3 is 10.6 Å². The number of hydrogen-bond acceptors (Lipinski definition) is 3. The highest BCUT2D eigenvalue weighted by Crippen LogP contribution is 2.28. The molecule has 1 saturated carbocycles. The van der Waals surface area contributed by atoms with E-state index in [2.05, 4.69) is 15.7 Å². The van der Waals surface area contributed by atoms with Crippen molar-refractivity contribution in [2.24, 2.45) is 7.05 Å². The van der Waals surface area contributed by atoms with Gasteiger partial charge in [0.1, 0.15) is 5.69 Å². The number of carbonyl (C=O) groups is 2. The monoisotopic (exact) mass is 366 g/mol. The predicted octanol–water partition coefficient (Wildman–Crippen LogP) is 2.51. The minimum Gasteiger partial charge on any atom is -0.353 e. The van der Waals surface area contributed by atoms with E-state index >= 15 is 0 Å². The average Bonchev–Trinajstić information content (AvgIpc) is 3.26. The molecule has 1 fully saturated rings. The highest BCUT2D eigenvalue weighted by atomic mass is 19.4. The number of rotatable bonds is 5. The van der Waals surface area contributed by atoms with Crippen molar-refractivity contribution in [3.05, 3.63) is 47.3 Å². The van der Waals surface area contributed by atoms with Crippen molar-refractivity contribution in [1.82, 2.24) is 15.1 Å². The third kappa shape index (κ3) is 4.41. The van der Waals surface area contributed by atoms with Crippen molar-refractivity contribution in [2.45, 2.75) is 31.5 Å². The fourth-order valence-corrected chi connectivity index (χ4v) is 2.41. The van der Waals surface area contributed by atoms with Crippen LogP contribution >= 0.6 is 0 Å². The zero-order valence-electron chi connectivity index (χ0n) is 13.9. The molecule has 0 atom stereocenters. The van der Waals surface area contributed by atoms with Crippen LogP contribution in [0, 0.1) is 0 Å². The van der Waals surface area contributed by atoms with Crippen molar-refractivity contribution in [2.75, 3.05) is 5.32 Å². The van der Waals surface area contributed by atoms with Crippen molar-refractivity contribution < 1.29 is 22.8 Å². The minimum atomic E-state index is -4.61. The van der Waals surface area contributed by atoms with Gasteiger partial charge in [-0.1, -0.05) is 12.1 Å². The largest absolute Gasteiger partial charge is 0.435 e. The highest BCUT2D eigenvalue weighted by Gasteiger charge is 2.35. The lowest BCUT2D eigenvalue weighted by atomic mass is 10.1. The van der Waals surface area contributed by atoms with Crippen LogP contribution in [0.4, 0.5) is 18.9 Å². The number of carbonyl (C=O) groups excluding carboxylic acids is 2. The van der Waals surface area contributed by atoms with Crippen molar-refractivity contribution in [1.29, 1.82) is 0 Å². The van der Waals surface area contributed by atoms with Gasteiger partial charge in [-0.05, 0) is 30.5 Å². The first-order valence-corrected chi connectivity index (χ1v) is 8.03. The summed E-state index contributed by atoms with van der Waals surface area (Å²) >= 11 is 0. The molecule has 9 heteroatoms. The molecule has 2 N–H and O–H groups in total. The summed E-state index contributed by atoms with van der Waals surface area (Å²) in [5.41, 5.74) is -0.135. The van der Waals surface area contributed by atoms with Gasteiger partial charge in [-0.2, -0.15) is 18.3 Å². The molecule has 1 aromatic heterocycles. The molecule has 6 nitrogen and oxygen atoms in total. The number of nitrogens with one attached hydrogen (secondary N) is 2. The van der Waals surface area contributed by atoms with Crippen LogP contribution in [0.5, 0.6) is 0 Å². The fourth-order valence-electron chi connectivity index (χ4n) is 2.41. The maximum atomic E-state index is 12.7. The number of aryl methyl sites for hydroxylation is 1. The zero-order valence-corrected chi connectivity index (χ0v) is 13.9. The highest BCUT2D eigenvalue weighted by molar-refractivity contribution is 6.03. The molecule has 0 aliphatic heterocycles. The van der Waals surface area contributed by atoms with Gasteiger partial charge in [0.05, 0.1) is 6.42 Å². The molecule has 138 valence electrons. The van der Waals surface area contributed by atoms with Crippen LogP contribution < -0.4 is 10.6 Å². The molecule has 3 rings (SSSR count). The number of halogens is 3. The summed E-state index contributed by atoms with van der Waals surface area (Å²) in [5.74, 6) is -0.756. The Balaban J connectivity index is 1.62. The topological polar surface area (TPSA) is 76.0 Å². The Bertz CT molecular complexity index is 824. The lowest BCUT2D eigenvalue weighted by Crippen LogP contribution is -2.26. The number of amides is 2. The molecule has 1 aromatic carbocycles. The summed E-state index contributed by atoms with van der Waals surface area (Å²) < 4.78 is 38.9. The Labute approximate surface area is 147 Å². The summed E-state index contributed by atoms with van der Waals surface area (Å²) in [7, 11) is 1.27. The van der Waals surface area contributed by atoms with Gasteiger partial charge in [0.2, 0.25) is 5.91 Å². The van der Waals surface area contributed by atoms with E-state index in [1.54, 1.807) is 24.3 Å². The third-order valence-electron chi connectivity index (χ3n) is 3.92. The Kier molecular flexibility index (Phi) is 4.71. The third-order valence-corrected chi connectivity index (χ3v) is 3.92. The molecular formula is C17H17F3N4O2. The second kappa shape index (κ2) is 6.81. The lowest BCUT2D eigenvalue weighted by molar-refractivity contribution is -0.141. The maximum Gasteiger partial charge on any atom is 0.435 e. The van der Waals surface area contributed by atoms with E-state index < -0.39 is 17.8 Å². The molecule has 0 saturated heterocycles. The van der Waals surface area contributed by atoms with Crippen molar-refractivity contribution in [3.63, 3.8) is 0 Å². The van der Waals surface area contributed by atoms with Gasteiger partial charge >= 0.3 is 6.18 Å². The second-order valence-electron chi connectivity index (χ2n) is 6.21. The normalized spacial score (nSPS) is 14.2. The smallest absolute Gasteiger partial charge is 0.353 e. The van der Waals surface area contributed by atoms with Gasteiger partial charge in [-0.15, -0.1) is 0 Å². The summed E-state index contributed by atoms with van der Waals surface area (Å²) in [4.78, 5) is 23.9. The number of nitrogens with zero attached hydrogens (tertiary/aromatic N) is 2. The van der Waals surface area contributed by atoms with Gasteiger partial charge in [-0.3, -0.25) is 14.3 Å². The standard InChI is InChI=1S/C17H17F3N4O2/c1-24-13(9-14(23-24)17(18,19)20)16(26)22-12-4-2-10(3-5-12)8-15(25)21-11-6-7-11/h2-5,9,11H,6-8H2,1H3,(H,21,25)(H,22,26). The molecule has 26 heavy (non-hydrogen) atoms. The van der Waals surface area contributed by atoms with E-state index in [1.807, 2.05) is 0 Å². The first-order chi connectivity index (χ1) is 12.2. The fraction of sp³-hybridized carbons (Fsp3) is 0.353. The van der Waals surface area contributed by atoms with Crippen molar-refractivity contribution in [3.8, 4) is 0 Å². The van der Waals surface area contributed by atoms with Gasteiger partial charge in [0, 0.05) is 24.8 Å². The summed E-state index contributed by atoms with van der Waals surface area (Å²) in [5, 5.41) is 8.71. The van der Waals surface area contributed by atoms with Crippen LogP contribution in [0.25, 0.3) is 0 Å². The quantitative estimate of drug-likeness (QED) is 0.854. The molecule has 1 heterocycles. The Morgan fingerprint density at radius 2 is 1.88 bits per heavy atom. The molecule has 0 unspecified atom stereocenters. The van der Waals surface area contributed by atoms with Crippen LogP contribution in [-0.2, 0) is 24.4 Å². The zero-order chi connectivity index (χ0) is 18.9. The summed E-state index contributed by atoms with van der Waals surface area (Å²) in [6, 6.07) is 7.56. The van der Waals surface area contributed by atoms with Crippen LogP contribution in [0.2, 0.25) is 0 Å². The molecule has 1 aliphatic carbocycles. The molecule has 1 aliphatic rings. The van der Waals surface area contributed by atoms with Crippen LogP contribution in [0.3, 0.4) is 0 Å². The summed E-state index contributed by atoms with van der Waals surface area (Å²) in [6.45, 7) is 0. The molecule has 0 bridgehead atoms. The molecule has 2 aromatic rings. The SMILES string of the molecule is Cn1nc(C(F)(F)F)cc1C(=O)Nc1ccc(CC(=O)NC2CC2)cc1. The van der Waals surface area contributed by atoms with Crippen LogP contribution in [0.15, 0.2) is 30.3 Å². The number of aromatic nitrogens is 2. The number of benzene rings is 1. The van der Waals surface area contributed by atoms with Gasteiger partial charge in [0.25, 0.3) is 5.91 Å². The van der Waals surface area contributed by atoms with E-state index in [-0.39, 0.29) is 18.0 Å². The molecular weight excluding hydrogens is 349 g/mol. The molecule has 0 radical (unpaired) electrons. The molecule has 2 amide bonds. The first-order valence-electron chi connectivity index (χ1n) is 8.03.